The molecule has 0 spiro atoms. The van der Waals surface area contributed by atoms with Crippen molar-refractivity contribution in [2.45, 2.75) is 11.8 Å². The van der Waals surface area contributed by atoms with Crippen LogP contribution in [0.3, 0.4) is 0 Å². The van der Waals surface area contributed by atoms with Crippen molar-refractivity contribution in [1.82, 2.24) is 4.72 Å². The number of non-ortho nitro benzene ring substituents is 1. The fourth-order valence-corrected chi connectivity index (χ4v) is 3.38. The molecule has 0 aromatic heterocycles. The lowest BCUT2D eigenvalue weighted by Crippen LogP contribution is -2.24. The number of anilines is 1. The van der Waals surface area contributed by atoms with E-state index in [2.05, 4.69) is 16.6 Å². The predicted octanol–water partition coefficient (Wildman–Crippen LogP) is 2.30. The summed E-state index contributed by atoms with van der Waals surface area (Å²) in [5.41, 5.74) is 1.96. The van der Waals surface area contributed by atoms with Gasteiger partial charge in [0.15, 0.2) is 0 Å². The van der Waals surface area contributed by atoms with Gasteiger partial charge in [-0.1, -0.05) is 17.9 Å². The second-order valence-corrected chi connectivity index (χ2v) is 7.51. The Balaban J connectivity index is 2.10. The Bertz CT molecular complexity index is 972. The van der Waals surface area contributed by atoms with Gasteiger partial charge in [-0.25, -0.2) is 8.42 Å². The number of hydrogen-bond acceptors (Lipinski definition) is 5. The number of benzene rings is 2. The summed E-state index contributed by atoms with van der Waals surface area (Å²) in [7, 11) is -0.0112. The molecule has 0 bridgehead atoms. The van der Waals surface area contributed by atoms with E-state index >= 15 is 0 Å². The summed E-state index contributed by atoms with van der Waals surface area (Å²) in [5.74, 6) is 5.62. The minimum absolute atomic E-state index is 0.0973. The molecule has 2 aromatic rings. The molecule has 0 saturated carbocycles. The van der Waals surface area contributed by atoms with E-state index in [0.717, 1.165) is 17.3 Å². The van der Waals surface area contributed by atoms with Crippen LogP contribution in [0, 0.1) is 28.9 Å². The normalized spacial score (nSPS) is 10.7. The molecule has 8 heteroatoms. The fraction of sp³-hybridized carbons (Fsp3) is 0.222. The molecule has 2 aromatic carbocycles. The molecule has 1 N–H and O–H groups in total. The van der Waals surface area contributed by atoms with Crippen LogP contribution in [0.15, 0.2) is 47.4 Å². The standard InChI is InChI=1S/C18H19N3O4S/c1-14-6-9-17(21(22)23)13-18(14)26(24,25)19-12-4-5-15-7-10-16(11-8-15)20(2)3/h6-11,13,19H,12H2,1-3H3. The van der Waals surface area contributed by atoms with Gasteiger partial charge in [-0.05, 0) is 36.8 Å². The molecule has 26 heavy (non-hydrogen) atoms. The number of nitrogens with zero attached hydrogens (tertiary/aromatic N) is 2. The molecular weight excluding hydrogens is 354 g/mol. The molecular formula is C18H19N3O4S. The van der Waals surface area contributed by atoms with Crippen LogP contribution in [0.25, 0.3) is 0 Å². The molecule has 0 heterocycles. The van der Waals surface area contributed by atoms with Crippen LogP contribution < -0.4 is 9.62 Å². The highest BCUT2D eigenvalue weighted by Crippen LogP contribution is 2.21. The summed E-state index contributed by atoms with van der Waals surface area (Å²) in [6.07, 6.45) is 0. The maximum absolute atomic E-state index is 12.4. The van der Waals surface area contributed by atoms with E-state index in [-0.39, 0.29) is 17.1 Å². The Hall–Kier alpha value is -2.89. The van der Waals surface area contributed by atoms with Crippen molar-refractivity contribution in [3.05, 3.63) is 63.7 Å². The Morgan fingerprint density at radius 2 is 1.81 bits per heavy atom. The maximum atomic E-state index is 12.4. The van der Waals surface area contributed by atoms with Crippen LogP contribution in [0.5, 0.6) is 0 Å². The van der Waals surface area contributed by atoms with Crippen molar-refractivity contribution in [3.8, 4) is 11.8 Å². The van der Waals surface area contributed by atoms with E-state index in [1.807, 2.05) is 43.3 Å². The SMILES string of the molecule is Cc1ccc([N+](=O)[O-])cc1S(=O)(=O)NCC#Cc1ccc(N(C)C)cc1. The van der Waals surface area contributed by atoms with E-state index < -0.39 is 14.9 Å². The van der Waals surface area contributed by atoms with E-state index in [1.54, 1.807) is 6.92 Å². The lowest BCUT2D eigenvalue weighted by atomic mass is 10.2. The van der Waals surface area contributed by atoms with Crippen molar-refractivity contribution in [2.24, 2.45) is 0 Å². The number of nitro groups is 1. The van der Waals surface area contributed by atoms with E-state index in [1.165, 1.54) is 12.1 Å². The minimum atomic E-state index is -3.88. The maximum Gasteiger partial charge on any atom is 0.270 e. The van der Waals surface area contributed by atoms with Gasteiger partial charge in [0, 0.05) is 37.5 Å². The summed E-state index contributed by atoms with van der Waals surface area (Å²) in [5, 5.41) is 10.8. The van der Waals surface area contributed by atoms with Gasteiger partial charge in [-0.3, -0.25) is 10.1 Å². The first-order valence-electron chi connectivity index (χ1n) is 7.71. The Labute approximate surface area is 152 Å². The minimum Gasteiger partial charge on any atom is -0.378 e. The number of nitro benzene ring substituents is 1. The third-order valence-electron chi connectivity index (χ3n) is 3.64. The first-order chi connectivity index (χ1) is 12.2. The van der Waals surface area contributed by atoms with Crippen LogP contribution >= 0.6 is 0 Å². The molecule has 2 rings (SSSR count). The Morgan fingerprint density at radius 1 is 1.15 bits per heavy atom. The molecule has 7 nitrogen and oxygen atoms in total. The van der Waals surface area contributed by atoms with Crippen molar-refractivity contribution in [2.75, 3.05) is 25.5 Å². The summed E-state index contributed by atoms with van der Waals surface area (Å²) in [4.78, 5) is 12.1. The molecule has 0 atom stereocenters. The second-order valence-electron chi connectivity index (χ2n) is 5.77. The van der Waals surface area contributed by atoms with E-state index in [0.29, 0.717) is 5.56 Å². The highest BCUT2D eigenvalue weighted by atomic mass is 32.2. The van der Waals surface area contributed by atoms with Crippen LogP contribution in [-0.4, -0.2) is 34.0 Å². The zero-order chi connectivity index (χ0) is 19.3. The fourth-order valence-electron chi connectivity index (χ4n) is 2.19. The van der Waals surface area contributed by atoms with Crippen molar-refractivity contribution >= 4 is 21.4 Å². The average Bonchev–Trinajstić information content (AvgIpc) is 2.59. The smallest absolute Gasteiger partial charge is 0.270 e. The van der Waals surface area contributed by atoms with E-state index in [9.17, 15) is 18.5 Å². The molecule has 0 amide bonds. The van der Waals surface area contributed by atoms with Gasteiger partial charge < -0.3 is 4.90 Å². The Kier molecular flexibility index (Phi) is 5.97. The third kappa shape index (κ3) is 4.81. The quantitative estimate of drug-likeness (QED) is 0.493. The van der Waals surface area contributed by atoms with Crippen LogP contribution in [0.4, 0.5) is 11.4 Å². The van der Waals surface area contributed by atoms with Crippen LogP contribution in [0.1, 0.15) is 11.1 Å². The molecule has 0 aliphatic rings. The summed E-state index contributed by atoms with van der Waals surface area (Å²) in [6, 6.07) is 11.3. The number of nitrogens with one attached hydrogen (secondary N) is 1. The van der Waals surface area contributed by atoms with Gasteiger partial charge in [0.1, 0.15) is 0 Å². The summed E-state index contributed by atoms with van der Waals surface area (Å²) in [6.45, 7) is 1.48. The summed E-state index contributed by atoms with van der Waals surface area (Å²) < 4.78 is 27.1. The number of hydrogen-bond donors (Lipinski definition) is 1. The third-order valence-corrected chi connectivity index (χ3v) is 5.18. The molecule has 0 radical (unpaired) electrons. The van der Waals surface area contributed by atoms with Crippen molar-refractivity contribution in [1.29, 1.82) is 0 Å². The van der Waals surface area contributed by atoms with Gasteiger partial charge in [-0.2, -0.15) is 4.72 Å². The van der Waals surface area contributed by atoms with E-state index in [4.69, 9.17) is 0 Å². The Morgan fingerprint density at radius 3 is 2.38 bits per heavy atom. The highest BCUT2D eigenvalue weighted by Gasteiger charge is 2.19. The molecule has 136 valence electrons. The predicted molar refractivity (Wildman–Crippen MR) is 101 cm³/mol. The van der Waals surface area contributed by atoms with Gasteiger partial charge in [-0.15, -0.1) is 0 Å². The topological polar surface area (TPSA) is 92.5 Å². The largest absolute Gasteiger partial charge is 0.378 e. The van der Waals surface area contributed by atoms with Gasteiger partial charge >= 0.3 is 0 Å². The van der Waals surface area contributed by atoms with Gasteiger partial charge in [0.05, 0.1) is 16.4 Å². The highest BCUT2D eigenvalue weighted by molar-refractivity contribution is 7.89. The second kappa shape index (κ2) is 7.99. The van der Waals surface area contributed by atoms with Crippen LogP contribution in [0.2, 0.25) is 0 Å². The molecule has 0 aliphatic heterocycles. The molecule has 0 saturated heterocycles. The average molecular weight is 373 g/mol. The first-order valence-corrected chi connectivity index (χ1v) is 9.20. The zero-order valence-corrected chi connectivity index (χ0v) is 15.5. The lowest BCUT2D eigenvalue weighted by Gasteiger charge is -2.11. The number of aryl methyl sites for hydroxylation is 1. The monoisotopic (exact) mass is 373 g/mol. The molecule has 0 unspecified atom stereocenters. The van der Waals surface area contributed by atoms with Gasteiger partial charge in [0.25, 0.3) is 5.69 Å². The van der Waals surface area contributed by atoms with Gasteiger partial charge in [0.2, 0.25) is 10.0 Å². The van der Waals surface area contributed by atoms with Crippen LogP contribution in [-0.2, 0) is 10.0 Å². The molecule has 0 fully saturated rings. The van der Waals surface area contributed by atoms with Crippen molar-refractivity contribution < 1.29 is 13.3 Å². The lowest BCUT2D eigenvalue weighted by molar-refractivity contribution is -0.385. The number of rotatable bonds is 5. The number of sulfonamides is 1. The van der Waals surface area contributed by atoms with Crippen molar-refractivity contribution in [3.63, 3.8) is 0 Å². The zero-order valence-electron chi connectivity index (χ0n) is 14.7. The molecule has 0 aliphatic carbocycles. The first kappa shape index (κ1) is 19.4. The summed E-state index contributed by atoms with van der Waals surface area (Å²) >= 11 is 0.